The fourth-order valence-electron chi connectivity index (χ4n) is 0.821. The number of hydrogen-bond acceptors (Lipinski definition) is 3. The van der Waals surface area contributed by atoms with E-state index in [2.05, 4.69) is 5.32 Å². The number of hydrogen-bond donors (Lipinski definition) is 2. The fraction of sp³-hybridized carbons (Fsp3) is 1.00. The van der Waals surface area contributed by atoms with Crippen molar-refractivity contribution in [3.05, 3.63) is 0 Å². The van der Waals surface area contributed by atoms with Gasteiger partial charge in [0.25, 0.3) is 0 Å². The third-order valence-electron chi connectivity index (χ3n) is 1.29. The summed E-state index contributed by atoms with van der Waals surface area (Å²) in [4.78, 5) is 0. The van der Waals surface area contributed by atoms with Gasteiger partial charge in [0.2, 0.25) is 0 Å². The van der Waals surface area contributed by atoms with Gasteiger partial charge in [0.05, 0.1) is 6.10 Å². The van der Waals surface area contributed by atoms with E-state index in [4.69, 9.17) is 10.5 Å². The van der Waals surface area contributed by atoms with Gasteiger partial charge in [0, 0.05) is 13.1 Å². The van der Waals surface area contributed by atoms with E-state index < -0.39 is 0 Å². The number of rotatable bonds is 1. The van der Waals surface area contributed by atoms with Crippen molar-refractivity contribution in [1.82, 2.24) is 5.32 Å². The van der Waals surface area contributed by atoms with Crippen LogP contribution in [0.1, 0.15) is 6.92 Å². The molecule has 3 nitrogen and oxygen atoms in total. The summed E-state index contributed by atoms with van der Waals surface area (Å²) in [5.41, 5.74) is 5.33. The lowest BCUT2D eigenvalue weighted by Gasteiger charge is -2.04. The lowest BCUT2D eigenvalue weighted by molar-refractivity contribution is 0.0582. The van der Waals surface area contributed by atoms with Crippen LogP contribution in [0, 0.1) is 0 Å². The van der Waals surface area contributed by atoms with Gasteiger partial charge in [-0.1, -0.05) is 0 Å². The molecular formula is C5H12N2O. The third kappa shape index (κ3) is 1.18. The molecule has 0 spiro atoms. The van der Waals surface area contributed by atoms with Gasteiger partial charge in [-0.15, -0.1) is 0 Å². The summed E-state index contributed by atoms with van der Waals surface area (Å²) in [5, 5.41) is 3.12. The number of nitrogens with two attached hydrogens (primary N) is 1. The second-order valence-electron chi connectivity index (χ2n) is 2.04. The molecule has 0 amide bonds. The van der Waals surface area contributed by atoms with Crippen LogP contribution in [0.15, 0.2) is 0 Å². The van der Waals surface area contributed by atoms with E-state index in [1.54, 1.807) is 0 Å². The third-order valence-corrected chi connectivity index (χ3v) is 1.29. The first-order valence-electron chi connectivity index (χ1n) is 2.92. The Morgan fingerprint density at radius 1 is 1.88 bits per heavy atom. The molecule has 0 saturated carbocycles. The van der Waals surface area contributed by atoms with Crippen LogP contribution >= 0.6 is 0 Å². The Morgan fingerprint density at radius 3 is 2.88 bits per heavy atom. The van der Waals surface area contributed by atoms with Crippen molar-refractivity contribution in [3.63, 3.8) is 0 Å². The average molecular weight is 116 g/mol. The summed E-state index contributed by atoms with van der Waals surface area (Å²) in [5.74, 6) is 0. The standard InChI is InChI=1S/C5H12N2O/c1-4-7-3-5(2-6)8-4/h4-5,7H,2-3,6H2,1H3. The van der Waals surface area contributed by atoms with E-state index in [0.717, 1.165) is 6.54 Å². The molecule has 8 heavy (non-hydrogen) atoms. The maximum absolute atomic E-state index is 5.33. The van der Waals surface area contributed by atoms with Crippen LogP contribution < -0.4 is 11.1 Å². The second kappa shape index (κ2) is 2.44. The molecule has 0 aromatic rings. The van der Waals surface area contributed by atoms with E-state index in [1.807, 2.05) is 6.92 Å². The molecule has 0 bridgehead atoms. The molecule has 2 unspecified atom stereocenters. The van der Waals surface area contributed by atoms with Gasteiger partial charge in [-0.25, -0.2) is 0 Å². The van der Waals surface area contributed by atoms with Crippen molar-refractivity contribution in [3.8, 4) is 0 Å². The molecule has 3 N–H and O–H groups in total. The maximum atomic E-state index is 5.33. The SMILES string of the molecule is CC1NCC(CN)O1. The van der Waals surface area contributed by atoms with E-state index in [-0.39, 0.29) is 12.3 Å². The maximum Gasteiger partial charge on any atom is 0.105 e. The first-order valence-corrected chi connectivity index (χ1v) is 2.92. The molecule has 1 aliphatic heterocycles. The van der Waals surface area contributed by atoms with E-state index >= 15 is 0 Å². The summed E-state index contributed by atoms with van der Waals surface area (Å²) >= 11 is 0. The molecule has 0 aromatic heterocycles. The van der Waals surface area contributed by atoms with Crippen molar-refractivity contribution in [2.24, 2.45) is 5.73 Å². The van der Waals surface area contributed by atoms with Crippen LogP contribution in [-0.4, -0.2) is 25.4 Å². The Labute approximate surface area is 49.2 Å². The van der Waals surface area contributed by atoms with Crippen molar-refractivity contribution in [2.45, 2.75) is 19.3 Å². The summed E-state index contributed by atoms with van der Waals surface area (Å²) in [7, 11) is 0. The highest BCUT2D eigenvalue weighted by atomic mass is 16.5. The Morgan fingerprint density at radius 2 is 2.62 bits per heavy atom. The van der Waals surface area contributed by atoms with Gasteiger partial charge >= 0.3 is 0 Å². The normalized spacial score (nSPS) is 38.2. The van der Waals surface area contributed by atoms with Crippen LogP contribution in [0.3, 0.4) is 0 Å². The molecule has 0 aliphatic carbocycles. The number of ether oxygens (including phenoxy) is 1. The summed E-state index contributed by atoms with van der Waals surface area (Å²) in [6.45, 7) is 3.50. The molecule has 1 heterocycles. The van der Waals surface area contributed by atoms with Crippen molar-refractivity contribution < 1.29 is 4.74 Å². The zero-order valence-corrected chi connectivity index (χ0v) is 5.05. The van der Waals surface area contributed by atoms with Gasteiger partial charge in [0.15, 0.2) is 0 Å². The highest BCUT2D eigenvalue weighted by molar-refractivity contribution is 4.70. The fourth-order valence-corrected chi connectivity index (χ4v) is 0.821. The van der Waals surface area contributed by atoms with Crippen molar-refractivity contribution in [1.29, 1.82) is 0 Å². The molecule has 1 rings (SSSR count). The topological polar surface area (TPSA) is 47.3 Å². The molecule has 2 atom stereocenters. The van der Waals surface area contributed by atoms with E-state index in [1.165, 1.54) is 0 Å². The zero-order chi connectivity index (χ0) is 5.98. The molecule has 1 fully saturated rings. The lowest BCUT2D eigenvalue weighted by Crippen LogP contribution is -2.23. The second-order valence-corrected chi connectivity index (χ2v) is 2.04. The minimum absolute atomic E-state index is 0.198. The largest absolute Gasteiger partial charge is 0.358 e. The van der Waals surface area contributed by atoms with E-state index in [0.29, 0.717) is 6.54 Å². The predicted molar refractivity (Wildman–Crippen MR) is 31.4 cm³/mol. The van der Waals surface area contributed by atoms with Gasteiger partial charge in [-0.2, -0.15) is 0 Å². The molecule has 0 radical (unpaired) electrons. The molecule has 3 heteroatoms. The van der Waals surface area contributed by atoms with Crippen LogP contribution in [0.4, 0.5) is 0 Å². The highest BCUT2D eigenvalue weighted by Gasteiger charge is 2.18. The summed E-state index contributed by atoms with van der Waals surface area (Å²) in [6.07, 6.45) is 0.438. The van der Waals surface area contributed by atoms with Gasteiger partial charge in [-0.05, 0) is 6.92 Å². The van der Waals surface area contributed by atoms with Crippen molar-refractivity contribution >= 4 is 0 Å². The average Bonchev–Trinajstić information content (AvgIpc) is 2.14. The molecular weight excluding hydrogens is 104 g/mol. The summed E-state index contributed by atoms with van der Waals surface area (Å²) in [6, 6.07) is 0. The molecule has 1 saturated heterocycles. The van der Waals surface area contributed by atoms with Gasteiger partial charge < -0.3 is 10.5 Å². The Balaban J connectivity index is 2.22. The smallest absolute Gasteiger partial charge is 0.105 e. The van der Waals surface area contributed by atoms with E-state index in [9.17, 15) is 0 Å². The molecule has 1 aliphatic rings. The minimum atomic E-state index is 0.198. The quantitative estimate of drug-likeness (QED) is 0.475. The predicted octanol–water partition coefficient (Wildman–Crippen LogP) is -0.720. The molecule has 48 valence electrons. The Hall–Kier alpha value is -0.120. The first kappa shape index (κ1) is 6.01. The lowest BCUT2D eigenvalue weighted by atomic mass is 10.4. The Kier molecular flexibility index (Phi) is 1.83. The van der Waals surface area contributed by atoms with Crippen LogP contribution in [0.2, 0.25) is 0 Å². The molecule has 0 aromatic carbocycles. The highest BCUT2D eigenvalue weighted by Crippen LogP contribution is 2.00. The Bertz CT molecular complexity index is 76.8. The number of nitrogens with one attached hydrogen (secondary N) is 1. The van der Waals surface area contributed by atoms with Crippen molar-refractivity contribution in [2.75, 3.05) is 13.1 Å². The van der Waals surface area contributed by atoms with Crippen LogP contribution in [-0.2, 0) is 4.74 Å². The zero-order valence-electron chi connectivity index (χ0n) is 5.05. The van der Waals surface area contributed by atoms with Crippen LogP contribution in [0.25, 0.3) is 0 Å². The monoisotopic (exact) mass is 116 g/mol. The van der Waals surface area contributed by atoms with Gasteiger partial charge in [0.1, 0.15) is 6.23 Å². The van der Waals surface area contributed by atoms with Gasteiger partial charge in [-0.3, -0.25) is 5.32 Å². The summed E-state index contributed by atoms with van der Waals surface area (Å²) < 4.78 is 5.27. The van der Waals surface area contributed by atoms with Crippen LogP contribution in [0.5, 0.6) is 0 Å². The first-order chi connectivity index (χ1) is 3.83. The minimum Gasteiger partial charge on any atom is -0.358 e.